The van der Waals surface area contributed by atoms with E-state index in [2.05, 4.69) is 6.92 Å². The topological polar surface area (TPSA) is 20.3 Å². The van der Waals surface area contributed by atoms with E-state index >= 15 is 0 Å². The van der Waals surface area contributed by atoms with Crippen LogP contribution in [0.4, 0.5) is 0 Å². The molecule has 1 aromatic rings. The lowest BCUT2D eigenvalue weighted by atomic mass is 10.2. The summed E-state index contributed by atoms with van der Waals surface area (Å²) in [6.45, 7) is 3.01. The van der Waals surface area contributed by atoms with E-state index in [0.29, 0.717) is 6.42 Å². The first kappa shape index (κ1) is 13.2. The zero-order valence-electron chi connectivity index (χ0n) is 9.82. The minimum Gasteiger partial charge on any atom is -0.326 e. The van der Waals surface area contributed by atoms with Crippen LogP contribution in [-0.4, -0.2) is 23.1 Å². The Labute approximate surface area is 115 Å². The molecule has 0 aliphatic carbocycles. The van der Waals surface area contributed by atoms with Crippen LogP contribution in [0.1, 0.15) is 36.4 Å². The van der Waals surface area contributed by atoms with Gasteiger partial charge in [0.25, 0.3) is 0 Å². The van der Waals surface area contributed by atoms with Crippen LogP contribution in [0.5, 0.6) is 0 Å². The van der Waals surface area contributed by atoms with Crippen LogP contribution in [0.3, 0.4) is 0 Å². The predicted molar refractivity (Wildman–Crippen MR) is 75.8 cm³/mol. The van der Waals surface area contributed by atoms with Crippen LogP contribution in [0.15, 0.2) is 12.1 Å². The van der Waals surface area contributed by atoms with Crippen molar-refractivity contribution in [1.82, 2.24) is 4.90 Å². The quantitative estimate of drug-likeness (QED) is 0.829. The second-order valence-electron chi connectivity index (χ2n) is 4.06. The number of hydrogen-bond donors (Lipinski definition) is 0. The molecule has 1 aliphatic rings. The molecule has 1 aromatic heterocycles. The molecule has 0 radical (unpaired) electrons. The van der Waals surface area contributed by atoms with Gasteiger partial charge < -0.3 is 4.90 Å². The number of carbonyl (C=O) groups excluding carboxylic acids is 1. The van der Waals surface area contributed by atoms with E-state index in [4.69, 9.17) is 11.6 Å². The lowest BCUT2D eigenvalue weighted by Gasteiger charge is -2.34. The van der Waals surface area contributed by atoms with Crippen LogP contribution in [-0.2, 0) is 4.79 Å². The average molecular weight is 290 g/mol. The molecule has 1 saturated heterocycles. The minimum atomic E-state index is 0.181. The van der Waals surface area contributed by atoms with Gasteiger partial charge in [0.2, 0.25) is 5.91 Å². The van der Waals surface area contributed by atoms with Crippen LogP contribution in [0, 0.1) is 0 Å². The number of hydrogen-bond acceptors (Lipinski definition) is 3. The molecule has 1 unspecified atom stereocenters. The summed E-state index contributed by atoms with van der Waals surface area (Å²) in [4.78, 5) is 15.2. The highest BCUT2D eigenvalue weighted by Crippen LogP contribution is 2.41. The van der Waals surface area contributed by atoms with Gasteiger partial charge in [0, 0.05) is 23.6 Å². The van der Waals surface area contributed by atoms with Crippen molar-refractivity contribution in [3.63, 3.8) is 0 Å². The molecular weight excluding hydrogens is 274 g/mol. The summed E-state index contributed by atoms with van der Waals surface area (Å²) in [5, 5.41) is 0.181. The van der Waals surface area contributed by atoms with Gasteiger partial charge >= 0.3 is 0 Å². The average Bonchev–Trinajstić information content (AvgIpc) is 2.74. The second kappa shape index (κ2) is 6.12. The molecule has 0 N–H and O–H groups in total. The highest BCUT2D eigenvalue weighted by atomic mass is 35.5. The van der Waals surface area contributed by atoms with Crippen molar-refractivity contribution < 1.29 is 4.79 Å². The number of nitrogens with zero attached hydrogens (tertiary/aromatic N) is 1. The molecule has 2 heterocycles. The Morgan fingerprint density at radius 2 is 2.35 bits per heavy atom. The van der Waals surface area contributed by atoms with Gasteiger partial charge in [0.15, 0.2) is 0 Å². The monoisotopic (exact) mass is 289 g/mol. The third kappa shape index (κ3) is 3.18. The highest BCUT2D eigenvalue weighted by molar-refractivity contribution is 7.99. The van der Waals surface area contributed by atoms with E-state index in [1.165, 1.54) is 4.88 Å². The largest absolute Gasteiger partial charge is 0.326 e. The Balaban J connectivity index is 2.14. The maximum absolute atomic E-state index is 12.0. The Morgan fingerprint density at radius 1 is 1.53 bits per heavy atom. The zero-order chi connectivity index (χ0) is 12.3. The zero-order valence-corrected chi connectivity index (χ0v) is 12.2. The summed E-state index contributed by atoms with van der Waals surface area (Å²) in [7, 11) is 0. The number of unbranched alkanes of at least 4 members (excludes halogenated alkanes) is 1. The fourth-order valence-corrected chi connectivity index (χ4v) is 4.45. The van der Waals surface area contributed by atoms with Gasteiger partial charge in [-0.05, 0) is 18.6 Å². The Morgan fingerprint density at radius 3 is 3.00 bits per heavy atom. The summed E-state index contributed by atoms with van der Waals surface area (Å²) in [6.07, 6.45) is 2.86. The van der Waals surface area contributed by atoms with Crippen molar-refractivity contribution in [3.05, 3.63) is 21.3 Å². The number of halogens is 1. The first-order valence-electron chi connectivity index (χ1n) is 5.88. The summed E-state index contributed by atoms with van der Waals surface area (Å²) in [5.41, 5.74) is 0. The van der Waals surface area contributed by atoms with Crippen LogP contribution in [0.25, 0.3) is 0 Å². The van der Waals surface area contributed by atoms with Gasteiger partial charge in [-0.25, -0.2) is 0 Å². The number of thioether (sulfide) groups is 1. The molecule has 1 aliphatic heterocycles. The van der Waals surface area contributed by atoms with Crippen molar-refractivity contribution in [1.29, 1.82) is 0 Å². The Kier molecular flexibility index (Phi) is 4.77. The Bertz CT molecular complexity index is 394. The molecule has 1 fully saturated rings. The van der Waals surface area contributed by atoms with Gasteiger partial charge in [-0.1, -0.05) is 24.9 Å². The second-order valence-corrected chi connectivity index (χ2v) is 6.99. The molecule has 2 nitrogen and oxygen atoms in total. The van der Waals surface area contributed by atoms with Gasteiger partial charge in [0.05, 0.1) is 4.34 Å². The summed E-state index contributed by atoms with van der Waals surface area (Å²) in [6, 6.07) is 3.96. The maximum Gasteiger partial charge on any atom is 0.224 e. The van der Waals surface area contributed by atoms with Crippen molar-refractivity contribution in [2.45, 2.75) is 31.6 Å². The molecule has 94 valence electrons. The first-order valence-corrected chi connectivity index (χ1v) is 8.13. The van der Waals surface area contributed by atoms with Crippen molar-refractivity contribution >= 4 is 40.6 Å². The highest BCUT2D eigenvalue weighted by Gasteiger charge is 2.30. The molecule has 5 heteroatoms. The van der Waals surface area contributed by atoms with E-state index in [1.807, 2.05) is 28.8 Å². The van der Waals surface area contributed by atoms with E-state index in [1.54, 1.807) is 11.3 Å². The van der Waals surface area contributed by atoms with Crippen molar-refractivity contribution in [3.8, 4) is 0 Å². The van der Waals surface area contributed by atoms with Crippen molar-refractivity contribution in [2.24, 2.45) is 0 Å². The van der Waals surface area contributed by atoms with Gasteiger partial charge in [-0.3, -0.25) is 4.79 Å². The first-order chi connectivity index (χ1) is 8.22. The molecular formula is C12H16ClNOS2. The summed E-state index contributed by atoms with van der Waals surface area (Å²) in [5.74, 6) is 1.20. The normalized spacial score (nSPS) is 20.9. The van der Waals surface area contributed by atoms with E-state index in [-0.39, 0.29) is 11.3 Å². The third-order valence-corrected chi connectivity index (χ3v) is 5.48. The fourth-order valence-electron chi connectivity index (χ4n) is 1.89. The number of rotatable bonds is 4. The molecule has 0 bridgehead atoms. The molecule has 2 rings (SSSR count). The molecule has 0 spiro atoms. The molecule has 0 saturated carbocycles. The molecule has 1 amide bonds. The minimum absolute atomic E-state index is 0.181. The van der Waals surface area contributed by atoms with Crippen LogP contribution < -0.4 is 0 Å². The summed E-state index contributed by atoms with van der Waals surface area (Å²) < 4.78 is 0.800. The van der Waals surface area contributed by atoms with E-state index < -0.39 is 0 Å². The van der Waals surface area contributed by atoms with Gasteiger partial charge in [-0.2, -0.15) is 0 Å². The molecule has 0 aromatic carbocycles. The Hall–Kier alpha value is -0.190. The molecule has 1 atom stereocenters. The fraction of sp³-hybridized carbons (Fsp3) is 0.583. The smallest absolute Gasteiger partial charge is 0.224 e. The third-order valence-electron chi connectivity index (χ3n) is 2.79. The van der Waals surface area contributed by atoms with Crippen LogP contribution >= 0.6 is 34.7 Å². The number of carbonyl (C=O) groups is 1. The molecule has 17 heavy (non-hydrogen) atoms. The van der Waals surface area contributed by atoms with Gasteiger partial charge in [0.1, 0.15) is 5.37 Å². The standard InChI is InChI=1S/C12H16ClNOS2/c1-2-3-7-14-11(15)6-8-16-12(14)9-4-5-10(13)17-9/h4-5,12H,2-3,6-8H2,1H3. The maximum atomic E-state index is 12.0. The van der Waals surface area contributed by atoms with E-state index in [0.717, 1.165) is 29.5 Å². The van der Waals surface area contributed by atoms with Crippen molar-refractivity contribution in [2.75, 3.05) is 12.3 Å². The summed E-state index contributed by atoms with van der Waals surface area (Å²) >= 11 is 9.41. The number of thiophene rings is 1. The lowest BCUT2D eigenvalue weighted by Crippen LogP contribution is -2.37. The number of amides is 1. The van der Waals surface area contributed by atoms with E-state index in [9.17, 15) is 4.79 Å². The van der Waals surface area contributed by atoms with Crippen LogP contribution in [0.2, 0.25) is 4.34 Å². The SMILES string of the molecule is CCCCN1C(=O)CCSC1c1ccc(Cl)s1. The van der Waals surface area contributed by atoms with Gasteiger partial charge in [-0.15, -0.1) is 23.1 Å². The predicted octanol–water partition coefficient (Wildman–Crippen LogP) is 4.17. The lowest BCUT2D eigenvalue weighted by molar-refractivity contribution is -0.132.